The Morgan fingerprint density at radius 3 is 2.50 bits per heavy atom. The van der Waals surface area contributed by atoms with E-state index < -0.39 is 0 Å². The molecular weight excluding hydrogens is 200 g/mol. The first-order valence-corrected chi connectivity index (χ1v) is 6.77. The summed E-state index contributed by atoms with van der Waals surface area (Å²) in [5.74, 6) is 1.13. The third-order valence-electron chi connectivity index (χ3n) is 3.88. The molecular formula is C13H24N2O. The van der Waals surface area contributed by atoms with Crippen LogP contribution in [0.3, 0.4) is 0 Å². The minimum Gasteiger partial charge on any atom is -0.341 e. The van der Waals surface area contributed by atoms with Crippen molar-refractivity contribution in [2.75, 3.05) is 13.1 Å². The molecule has 1 amide bonds. The molecule has 2 atom stereocenters. The average molecular weight is 224 g/mol. The van der Waals surface area contributed by atoms with Crippen molar-refractivity contribution >= 4 is 5.91 Å². The van der Waals surface area contributed by atoms with Crippen LogP contribution in [0.15, 0.2) is 0 Å². The fraction of sp³-hybridized carbons (Fsp3) is 0.923. The lowest BCUT2D eigenvalue weighted by Gasteiger charge is -2.25. The van der Waals surface area contributed by atoms with E-state index in [4.69, 9.17) is 0 Å². The highest BCUT2D eigenvalue weighted by molar-refractivity contribution is 5.81. The second kappa shape index (κ2) is 5.17. The molecule has 1 heterocycles. The molecule has 1 saturated heterocycles. The number of carbonyl (C=O) groups excluding carboxylic acids is 1. The standard InChI is InChI=1S/C13H24N2O/c1-3-12(11-6-7-11)14-10(2)13(16)15-8-4-5-9-15/h10-12,14H,3-9H2,1-2H3. The number of likely N-dealkylation sites (tertiary alicyclic amines) is 1. The van der Waals surface area contributed by atoms with Gasteiger partial charge in [-0.15, -0.1) is 0 Å². The molecule has 0 spiro atoms. The van der Waals surface area contributed by atoms with Crippen LogP contribution in [0.2, 0.25) is 0 Å². The summed E-state index contributed by atoms with van der Waals surface area (Å²) >= 11 is 0. The van der Waals surface area contributed by atoms with Gasteiger partial charge in [0, 0.05) is 19.1 Å². The number of hydrogen-bond donors (Lipinski definition) is 1. The van der Waals surface area contributed by atoms with E-state index in [-0.39, 0.29) is 6.04 Å². The van der Waals surface area contributed by atoms with Gasteiger partial charge < -0.3 is 10.2 Å². The maximum atomic E-state index is 12.1. The van der Waals surface area contributed by atoms with Crippen LogP contribution < -0.4 is 5.32 Å². The molecule has 0 radical (unpaired) electrons. The van der Waals surface area contributed by atoms with Crippen LogP contribution in [0.5, 0.6) is 0 Å². The van der Waals surface area contributed by atoms with E-state index in [1.807, 2.05) is 11.8 Å². The van der Waals surface area contributed by atoms with Gasteiger partial charge in [0.05, 0.1) is 6.04 Å². The predicted octanol–water partition coefficient (Wildman–Crippen LogP) is 1.78. The maximum absolute atomic E-state index is 12.1. The van der Waals surface area contributed by atoms with Crippen LogP contribution in [-0.2, 0) is 4.79 Å². The van der Waals surface area contributed by atoms with Crippen molar-refractivity contribution in [2.24, 2.45) is 5.92 Å². The smallest absolute Gasteiger partial charge is 0.239 e. The van der Waals surface area contributed by atoms with Crippen molar-refractivity contribution in [3.05, 3.63) is 0 Å². The molecule has 3 heteroatoms. The molecule has 2 unspecified atom stereocenters. The minimum absolute atomic E-state index is 0.00338. The fourth-order valence-electron chi connectivity index (χ4n) is 2.69. The molecule has 2 fully saturated rings. The molecule has 0 aromatic carbocycles. The molecule has 1 saturated carbocycles. The summed E-state index contributed by atoms with van der Waals surface area (Å²) in [6.45, 7) is 6.16. The van der Waals surface area contributed by atoms with Gasteiger partial charge >= 0.3 is 0 Å². The number of rotatable bonds is 5. The lowest BCUT2D eigenvalue weighted by Crippen LogP contribution is -2.48. The molecule has 3 nitrogen and oxygen atoms in total. The Kier molecular flexibility index (Phi) is 3.85. The van der Waals surface area contributed by atoms with Gasteiger partial charge in [-0.25, -0.2) is 0 Å². The van der Waals surface area contributed by atoms with E-state index in [1.54, 1.807) is 0 Å². The lowest BCUT2D eigenvalue weighted by molar-refractivity contribution is -0.132. The van der Waals surface area contributed by atoms with Crippen molar-refractivity contribution in [1.82, 2.24) is 10.2 Å². The molecule has 0 bridgehead atoms. The van der Waals surface area contributed by atoms with Crippen molar-refractivity contribution in [3.8, 4) is 0 Å². The second-order valence-electron chi connectivity index (χ2n) is 5.27. The van der Waals surface area contributed by atoms with Crippen LogP contribution in [0, 0.1) is 5.92 Å². The highest BCUT2D eigenvalue weighted by Crippen LogP contribution is 2.34. The Hall–Kier alpha value is -0.570. The van der Waals surface area contributed by atoms with Gasteiger partial charge in [-0.2, -0.15) is 0 Å². The molecule has 1 aliphatic carbocycles. The minimum atomic E-state index is 0.00338. The zero-order chi connectivity index (χ0) is 11.5. The molecule has 16 heavy (non-hydrogen) atoms. The van der Waals surface area contributed by atoms with Crippen LogP contribution in [0.25, 0.3) is 0 Å². The first kappa shape index (κ1) is 11.9. The van der Waals surface area contributed by atoms with Crippen LogP contribution in [0.4, 0.5) is 0 Å². The van der Waals surface area contributed by atoms with Crippen molar-refractivity contribution in [2.45, 2.75) is 58.0 Å². The summed E-state index contributed by atoms with van der Waals surface area (Å²) in [4.78, 5) is 14.1. The molecule has 2 rings (SSSR count). The average Bonchev–Trinajstić information content (AvgIpc) is 2.99. The first-order valence-electron chi connectivity index (χ1n) is 6.77. The van der Waals surface area contributed by atoms with E-state index in [0.717, 1.165) is 25.4 Å². The van der Waals surface area contributed by atoms with Gasteiger partial charge in [0.1, 0.15) is 0 Å². The summed E-state index contributed by atoms with van der Waals surface area (Å²) < 4.78 is 0. The number of hydrogen-bond acceptors (Lipinski definition) is 2. The number of nitrogens with zero attached hydrogens (tertiary/aromatic N) is 1. The van der Waals surface area contributed by atoms with Crippen LogP contribution in [0.1, 0.15) is 46.0 Å². The number of amides is 1. The maximum Gasteiger partial charge on any atom is 0.239 e. The Bertz CT molecular complexity index is 244. The highest BCUT2D eigenvalue weighted by Gasteiger charge is 2.32. The van der Waals surface area contributed by atoms with E-state index in [2.05, 4.69) is 12.2 Å². The number of nitrogens with one attached hydrogen (secondary N) is 1. The van der Waals surface area contributed by atoms with Gasteiger partial charge in [0.25, 0.3) is 0 Å². The predicted molar refractivity (Wildman–Crippen MR) is 65.2 cm³/mol. The van der Waals surface area contributed by atoms with Gasteiger partial charge in [0.2, 0.25) is 5.91 Å². The summed E-state index contributed by atoms with van der Waals surface area (Å²) in [6.07, 6.45) is 6.19. The topological polar surface area (TPSA) is 32.3 Å². The Morgan fingerprint density at radius 2 is 2.00 bits per heavy atom. The van der Waals surface area contributed by atoms with Gasteiger partial charge in [-0.05, 0) is 44.9 Å². The summed E-state index contributed by atoms with van der Waals surface area (Å²) in [5.41, 5.74) is 0. The van der Waals surface area contributed by atoms with Crippen molar-refractivity contribution in [1.29, 1.82) is 0 Å². The van der Waals surface area contributed by atoms with Crippen molar-refractivity contribution < 1.29 is 4.79 Å². The lowest BCUT2D eigenvalue weighted by atomic mass is 10.1. The highest BCUT2D eigenvalue weighted by atomic mass is 16.2. The Morgan fingerprint density at radius 1 is 1.38 bits per heavy atom. The first-order chi connectivity index (χ1) is 7.72. The van der Waals surface area contributed by atoms with Crippen molar-refractivity contribution in [3.63, 3.8) is 0 Å². The van der Waals surface area contributed by atoms with Gasteiger partial charge in [0.15, 0.2) is 0 Å². The Balaban J connectivity index is 1.80. The molecule has 92 valence electrons. The molecule has 2 aliphatic rings. The van der Waals surface area contributed by atoms with Crippen LogP contribution in [-0.4, -0.2) is 36.0 Å². The third kappa shape index (κ3) is 2.76. The van der Waals surface area contributed by atoms with Gasteiger partial charge in [-0.3, -0.25) is 4.79 Å². The zero-order valence-electron chi connectivity index (χ0n) is 10.5. The second-order valence-corrected chi connectivity index (χ2v) is 5.27. The molecule has 1 aliphatic heterocycles. The quantitative estimate of drug-likeness (QED) is 0.772. The molecule has 0 aromatic heterocycles. The molecule has 0 aromatic rings. The van der Waals surface area contributed by atoms with E-state index in [9.17, 15) is 4.79 Å². The molecule has 1 N–H and O–H groups in total. The fourth-order valence-corrected chi connectivity index (χ4v) is 2.69. The SMILES string of the molecule is CCC(NC(C)C(=O)N1CCCC1)C1CC1. The third-order valence-corrected chi connectivity index (χ3v) is 3.88. The summed E-state index contributed by atoms with van der Waals surface area (Å²) in [5, 5.41) is 3.51. The van der Waals surface area contributed by atoms with Crippen LogP contribution >= 0.6 is 0 Å². The summed E-state index contributed by atoms with van der Waals surface area (Å²) in [6, 6.07) is 0.560. The zero-order valence-corrected chi connectivity index (χ0v) is 10.5. The monoisotopic (exact) mass is 224 g/mol. The van der Waals surface area contributed by atoms with E-state index in [0.29, 0.717) is 11.9 Å². The number of carbonyl (C=O) groups is 1. The van der Waals surface area contributed by atoms with E-state index in [1.165, 1.54) is 25.7 Å². The van der Waals surface area contributed by atoms with E-state index >= 15 is 0 Å². The van der Waals surface area contributed by atoms with Gasteiger partial charge in [-0.1, -0.05) is 6.92 Å². The Labute approximate surface area is 98.6 Å². The summed E-state index contributed by atoms with van der Waals surface area (Å²) in [7, 11) is 0. The largest absolute Gasteiger partial charge is 0.341 e. The normalized spacial score (nSPS) is 24.5.